The standard InChI is InChI=1S/C13H9F3N2O/c14-7-1-2-11(12(17)6-7)13(19)18-10-4-8(15)3-9(16)5-10/h1-6H,17H2,(H,18,19). The molecule has 0 spiro atoms. The lowest BCUT2D eigenvalue weighted by Gasteiger charge is -2.08. The van der Waals surface area contributed by atoms with Gasteiger partial charge in [-0.3, -0.25) is 4.79 Å². The van der Waals surface area contributed by atoms with Gasteiger partial charge in [-0.1, -0.05) is 0 Å². The number of nitrogens with two attached hydrogens (primary N) is 1. The first-order chi connectivity index (χ1) is 8.95. The summed E-state index contributed by atoms with van der Waals surface area (Å²) >= 11 is 0. The molecule has 98 valence electrons. The summed E-state index contributed by atoms with van der Waals surface area (Å²) in [6, 6.07) is 5.84. The molecule has 0 aliphatic rings. The van der Waals surface area contributed by atoms with Crippen molar-refractivity contribution in [2.45, 2.75) is 0 Å². The molecule has 3 nitrogen and oxygen atoms in total. The van der Waals surface area contributed by atoms with Gasteiger partial charge in [0.05, 0.1) is 5.56 Å². The number of nitrogens with one attached hydrogen (secondary N) is 1. The van der Waals surface area contributed by atoms with Crippen LogP contribution in [0, 0.1) is 17.5 Å². The number of carbonyl (C=O) groups is 1. The molecule has 1 amide bonds. The highest BCUT2D eigenvalue weighted by Gasteiger charge is 2.11. The maximum Gasteiger partial charge on any atom is 0.257 e. The van der Waals surface area contributed by atoms with Crippen LogP contribution in [0.2, 0.25) is 0 Å². The molecular weight excluding hydrogens is 257 g/mol. The zero-order valence-electron chi connectivity index (χ0n) is 9.58. The zero-order valence-corrected chi connectivity index (χ0v) is 9.58. The Labute approximate surface area is 106 Å². The third kappa shape index (κ3) is 3.04. The lowest BCUT2D eigenvalue weighted by Crippen LogP contribution is -2.14. The number of anilines is 2. The predicted octanol–water partition coefficient (Wildman–Crippen LogP) is 2.94. The SMILES string of the molecule is Nc1cc(F)ccc1C(=O)Nc1cc(F)cc(F)c1. The van der Waals surface area contributed by atoms with Crippen molar-refractivity contribution in [3.05, 3.63) is 59.4 Å². The van der Waals surface area contributed by atoms with Crippen LogP contribution in [-0.2, 0) is 0 Å². The summed E-state index contributed by atoms with van der Waals surface area (Å²) in [5.41, 5.74) is 5.40. The van der Waals surface area contributed by atoms with Crippen molar-refractivity contribution >= 4 is 17.3 Å². The van der Waals surface area contributed by atoms with Gasteiger partial charge in [-0.15, -0.1) is 0 Å². The lowest BCUT2D eigenvalue weighted by atomic mass is 10.1. The number of rotatable bonds is 2. The summed E-state index contributed by atoms with van der Waals surface area (Å²) in [7, 11) is 0. The lowest BCUT2D eigenvalue weighted by molar-refractivity contribution is 0.102. The van der Waals surface area contributed by atoms with Crippen molar-refractivity contribution in [1.29, 1.82) is 0 Å². The quantitative estimate of drug-likeness (QED) is 0.821. The van der Waals surface area contributed by atoms with E-state index in [1.165, 1.54) is 6.07 Å². The fourth-order valence-corrected chi connectivity index (χ4v) is 1.56. The van der Waals surface area contributed by atoms with Crippen LogP contribution < -0.4 is 11.1 Å². The summed E-state index contributed by atoms with van der Waals surface area (Å²) in [6.07, 6.45) is 0. The normalized spacial score (nSPS) is 10.3. The van der Waals surface area contributed by atoms with Crippen molar-refractivity contribution in [2.75, 3.05) is 11.1 Å². The van der Waals surface area contributed by atoms with Crippen molar-refractivity contribution in [2.24, 2.45) is 0 Å². The molecule has 0 aromatic heterocycles. The molecule has 19 heavy (non-hydrogen) atoms. The first kappa shape index (κ1) is 12.9. The summed E-state index contributed by atoms with van der Waals surface area (Å²) < 4.78 is 38.7. The Hall–Kier alpha value is -2.50. The minimum absolute atomic E-state index is 0.0195. The number of hydrogen-bond acceptors (Lipinski definition) is 2. The molecule has 0 aliphatic carbocycles. The van der Waals surface area contributed by atoms with E-state index in [1.807, 2.05) is 0 Å². The van der Waals surface area contributed by atoms with Gasteiger partial charge in [0.2, 0.25) is 0 Å². The fourth-order valence-electron chi connectivity index (χ4n) is 1.56. The molecule has 0 bridgehead atoms. The average molecular weight is 266 g/mol. The van der Waals surface area contributed by atoms with Gasteiger partial charge in [-0.25, -0.2) is 13.2 Å². The molecule has 0 fully saturated rings. The molecule has 0 radical (unpaired) electrons. The van der Waals surface area contributed by atoms with E-state index in [0.717, 1.165) is 24.3 Å². The highest BCUT2D eigenvalue weighted by Crippen LogP contribution is 2.17. The Kier molecular flexibility index (Phi) is 3.41. The molecule has 0 heterocycles. The number of halogens is 3. The second kappa shape index (κ2) is 5.01. The van der Waals surface area contributed by atoms with Gasteiger partial charge >= 0.3 is 0 Å². The van der Waals surface area contributed by atoms with E-state index in [9.17, 15) is 18.0 Å². The molecule has 0 saturated carbocycles. The van der Waals surface area contributed by atoms with Crippen LogP contribution in [0.15, 0.2) is 36.4 Å². The third-order valence-electron chi connectivity index (χ3n) is 2.38. The number of nitrogen functional groups attached to an aromatic ring is 1. The molecular formula is C13H9F3N2O. The first-order valence-corrected chi connectivity index (χ1v) is 5.28. The largest absolute Gasteiger partial charge is 0.398 e. The van der Waals surface area contributed by atoms with Crippen LogP contribution in [0.5, 0.6) is 0 Å². The van der Waals surface area contributed by atoms with Gasteiger partial charge in [0.15, 0.2) is 0 Å². The Bertz CT molecular complexity index is 624. The topological polar surface area (TPSA) is 55.1 Å². The minimum atomic E-state index is -0.817. The van der Waals surface area contributed by atoms with E-state index in [4.69, 9.17) is 5.73 Å². The summed E-state index contributed by atoms with van der Waals surface area (Å²) in [6.45, 7) is 0. The Morgan fingerprint density at radius 3 is 2.16 bits per heavy atom. The molecule has 0 unspecified atom stereocenters. The van der Waals surface area contributed by atoms with Crippen LogP contribution >= 0.6 is 0 Å². The fraction of sp³-hybridized carbons (Fsp3) is 0. The van der Waals surface area contributed by atoms with Gasteiger partial charge in [0.1, 0.15) is 17.5 Å². The maximum absolute atomic E-state index is 12.9. The maximum atomic E-state index is 12.9. The summed E-state index contributed by atoms with van der Waals surface area (Å²) in [5.74, 6) is -2.89. The number of amides is 1. The van der Waals surface area contributed by atoms with Gasteiger partial charge in [0.25, 0.3) is 5.91 Å². The third-order valence-corrected chi connectivity index (χ3v) is 2.38. The zero-order chi connectivity index (χ0) is 14.0. The number of hydrogen-bond donors (Lipinski definition) is 2. The van der Waals surface area contributed by atoms with E-state index in [1.54, 1.807) is 0 Å². The molecule has 2 aromatic rings. The Balaban J connectivity index is 2.25. The van der Waals surface area contributed by atoms with Gasteiger partial charge in [-0.05, 0) is 30.3 Å². The van der Waals surface area contributed by atoms with E-state index >= 15 is 0 Å². The van der Waals surface area contributed by atoms with Crippen molar-refractivity contribution in [3.63, 3.8) is 0 Å². The Morgan fingerprint density at radius 2 is 1.58 bits per heavy atom. The second-order valence-electron chi connectivity index (χ2n) is 3.84. The molecule has 0 saturated heterocycles. The smallest absolute Gasteiger partial charge is 0.257 e. The Morgan fingerprint density at radius 1 is 0.947 bits per heavy atom. The van der Waals surface area contributed by atoms with Crippen LogP contribution in [0.25, 0.3) is 0 Å². The van der Waals surface area contributed by atoms with Gasteiger partial charge in [0, 0.05) is 17.4 Å². The average Bonchev–Trinajstić information content (AvgIpc) is 2.26. The highest BCUT2D eigenvalue weighted by atomic mass is 19.1. The van der Waals surface area contributed by atoms with Gasteiger partial charge < -0.3 is 11.1 Å². The first-order valence-electron chi connectivity index (χ1n) is 5.28. The molecule has 2 aromatic carbocycles. The van der Waals surface area contributed by atoms with Crippen LogP contribution in [-0.4, -0.2) is 5.91 Å². The van der Waals surface area contributed by atoms with Crippen molar-refractivity contribution in [3.8, 4) is 0 Å². The van der Waals surface area contributed by atoms with Crippen LogP contribution in [0.3, 0.4) is 0 Å². The molecule has 6 heteroatoms. The predicted molar refractivity (Wildman–Crippen MR) is 65.1 cm³/mol. The minimum Gasteiger partial charge on any atom is -0.398 e. The monoisotopic (exact) mass is 266 g/mol. The van der Waals surface area contributed by atoms with Crippen molar-refractivity contribution < 1.29 is 18.0 Å². The number of carbonyl (C=O) groups excluding carboxylic acids is 1. The summed E-state index contributed by atoms with van der Waals surface area (Å²) in [4.78, 5) is 11.8. The molecule has 0 atom stereocenters. The van der Waals surface area contributed by atoms with E-state index in [0.29, 0.717) is 6.07 Å². The van der Waals surface area contributed by atoms with Crippen molar-refractivity contribution in [1.82, 2.24) is 0 Å². The van der Waals surface area contributed by atoms with E-state index in [-0.39, 0.29) is 16.9 Å². The second-order valence-corrected chi connectivity index (χ2v) is 3.84. The molecule has 2 rings (SSSR count). The number of benzene rings is 2. The highest BCUT2D eigenvalue weighted by molar-refractivity contribution is 6.07. The van der Waals surface area contributed by atoms with Crippen LogP contribution in [0.1, 0.15) is 10.4 Å². The van der Waals surface area contributed by atoms with Gasteiger partial charge in [-0.2, -0.15) is 0 Å². The van der Waals surface area contributed by atoms with E-state index < -0.39 is 23.4 Å². The molecule has 0 aliphatic heterocycles. The van der Waals surface area contributed by atoms with Crippen LogP contribution in [0.4, 0.5) is 24.5 Å². The van der Waals surface area contributed by atoms with E-state index in [2.05, 4.69) is 5.32 Å². The molecule has 3 N–H and O–H groups in total. The summed E-state index contributed by atoms with van der Waals surface area (Å²) in [5, 5.41) is 2.28.